The first-order valence-electron chi connectivity index (χ1n) is 13.2. The van der Waals surface area contributed by atoms with E-state index in [-0.39, 0.29) is 0 Å². The second kappa shape index (κ2) is 9.01. The smallest absolute Gasteiger partial charge is 0.0267 e. The highest BCUT2D eigenvalue weighted by molar-refractivity contribution is 5.03. The molecular weight excluding hydrogens is 336 g/mol. The first-order chi connectivity index (χ1) is 13.2. The van der Waals surface area contributed by atoms with Crippen molar-refractivity contribution in [3.05, 3.63) is 0 Å². The zero-order valence-corrected chi connectivity index (χ0v) is 20.5. The molecule has 0 spiro atoms. The summed E-state index contributed by atoms with van der Waals surface area (Å²) in [5.41, 5.74) is 1.30. The molecule has 0 N–H and O–H groups in total. The molecule has 3 aliphatic carbocycles. The average molecular weight is 389 g/mol. The predicted molar refractivity (Wildman–Crippen MR) is 124 cm³/mol. The Bertz CT molecular complexity index is 492. The Morgan fingerprint density at radius 1 is 0.821 bits per heavy atom. The topological polar surface area (TPSA) is 0 Å². The van der Waals surface area contributed by atoms with Crippen LogP contribution in [-0.2, 0) is 0 Å². The van der Waals surface area contributed by atoms with E-state index in [0.717, 1.165) is 41.4 Å². The lowest BCUT2D eigenvalue weighted by Crippen LogP contribution is -2.50. The molecule has 164 valence electrons. The van der Waals surface area contributed by atoms with Crippen molar-refractivity contribution in [2.24, 2.45) is 52.3 Å². The molecule has 0 bridgehead atoms. The molecule has 3 fully saturated rings. The zero-order chi connectivity index (χ0) is 20.5. The lowest BCUT2D eigenvalue weighted by atomic mass is 9.46. The molecule has 0 radical (unpaired) electrons. The summed E-state index contributed by atoms with van der Waals surface area (Å²) < 4.78 is 0. The maximum Gasteiger partial charge on any atom is -0.0267 e. The van der Waals surface area contributed by atoms with E-state index in [0.29, 0.717) is 10.8 Å². The van der Waals surface area contributed by atoms with E-state index in [1.165, 1.54) is 44.9 Å². The minimum atomic E-state index is 0.605. The Morgan fingerprint density at radius 3 is 2.21 bits per heavy atom. The molecule has 3 saturated carbocycles. The van der Waals surface area contributed by atoms with E-state index in [1.807, 2.05) is 0 Å². The molecule has 0 heterocycles. The molecule has 0 aliphatic heterocycles. The van der Waals surface area contributed by atoms with Crippen LogP contribution in [0.1, 0.15) is 126 Å². The van der Waals surface area contributed by atoms with E-state index in [1.54, 1.807) is 32.1 Å². The Morgan fingerprint density at radius 2 is 1.54 bits per heavy atom. The molecule has 0 nitrogen and oxygen atoms in total. The van der Waals surface area contributed by atoms with Crippen molar-refractivity contribution in [3.8, 4) is 0 Å². The van der Waals surface area contributed by atoms with Gasteiger partial charge in [-0.25, -0.2) is 0 Å². The second-order valence-corrected chi connectivity index (χ2v) is 12.6. The Kier molecular flexibility index (Phi) is 7.30. The standard InChI is InChI=1S/C28H52/c1-8-25(22(5)13-12-21(4)20(2)3)27(6)18-16-26-23(19-27)14-15-24-11-9-10-17-28(24,26)7/h20-26H,8-19H2,1-7H3/t21-,22+,23-,24?,25+,26-,27-,28-/m0/s1. The normalized spacial score (nSPS) is 41.8. The van der Waals surface area contributed by atoms with Gasteiger partial charge in [0.2, 0.25) is 0 Å². The first-order valence-corrected chi connectivity index (χ1v) is 13.2. The van der Waals surface area contributed by atoms with Gasteiger partial charge in [0.15, 0.2) is 0 Å². The fourth-order valence-electron chi connectivity index (χ4n) is 8.52. The second-order valence-electron chi connectivity index (χ2n) is 12.6. The van der Waals surface area contributed by atoms with Gasteiger partial charge in [0.1, 0.15) is 0 Å². The van der Waals surface area contributed by atoms with Crippen LogP contribution in [0.15, 0.2) is 0 Å². The SMILES string of the molecule is CC[C@H]([C@H](C)CC[C@H](C)C(C)C)[C@@]1(C)CC[C@H]2[C@@H](CCC3CCCC[C@@]32C)C1. The number of hydrogen-bond donors (Lipinski definition) is 0. The molecular formula is C28H52. The van der Waals surface area contributed by atoms with E-state index in [4.69, 9.17) is 0 Å². The van der Waals surface area contributed by atoms with Crippen LogP contribution in [0.25, 0.3) is 0 Å². The van der Waals surface area contributed by atoms with Gasteiger partial charge < -0.3 is 0 Å². The average Bonchev–Trinajstić information content (AvgIpc) is 2.65. The highest BCUT2D eigenvalue weighted by Gasteiger charge is 2.53. The van der Waals surface area contributed by atoms with Crippen molar-refractivity contribution in [2.75, 3.05) is 0 Å². The molecule has 28 heavy (non-hydrogen) atoms. The Balaban J connectivity index is 1.66. The summed E-state index contributed by atoms with van der Waals surface area (Å²) in [6.07, 6.45) is 18.1. The van der Waals surface area contributed by atoms with E-state index >= 15 is 0 Å². The predicted octanol–water partition coefficient (Wildman–Crippen LogP) is 9.13. The van der Waals surface area contributed by atoms with Crippen molar-refractivity contribution < 1.29 is 0 Å². The summed E-state index contributed by atoms with van der Waals surface area (Å²) in [7, 11) is 0. The number of rotatable bonds is 7. The molecule has 0 amide bonds. The summed E-state index contributed by atoms with van der Waals surface area (Å²) in [5, 5.41) is 0. The van der Waals surface area contributed by atoms with E-state index in [9.17, 15) is 0 Å². The third-order valence-corrected chi connectivity index (χ3v) is 10.7. The monoisotopic (exact) mass is 388 g/mol. The van der Waals surface area contributed by atoms with E-state index in [2.05, 4.69) is 48.5 Å². The lowest BCUT2D eigenvalue weighted by Gasteiger charge is -2.59. The third-order valence-electron chi connectivity index (χ3n) is 10.7. The highest BCUT2D eigenvalue weighted by Crippen LogP contribution is 2.63. The number of fused-ring (bicyclic) bond motifs is 3. The maximum atomic E-state index is 2.71. The molecule has 0 saturated heterocycles. The van der Waals surface area contributed by atoms with Crippen LogP contribution in [0.5, 0.6) is 0 Å². The molecule has 3 rings (SSSR count). The van der Waals surface area contributed by atoms with Crippen molar-refractivity contribution in [3.63, 3.8) is 0 Å². The number of hydrogen-bond acceptors (Lipinski definition) is 0. The van der Waals surface area contributed by atoms with Crippen LogP contribution < -0.4 is 0 Å². The maximum absolute atomic E-state index is 2.71. The van der Waals surface area contributed by atoms with Crippen LogP contribution in [0.2, 0.25) is 0 Å². The Labute approximate surface area is 178 Å². The molecule has 0 aromatic heterocycles. The van der Waals surface area contributed by atoms with Crippen LogP contribution >= 0.6 is 0 Å². The molecule has 8 atom stereocenters. The Hall–Kier alpha value is 0. The van der Waals surface area contributed by atoms with Crippen molar-refractivity contribution in [2.45, 2.75) is 126 Å². The summed E-state index contributed by atoms with van der Waals surface area (Å²) in [5.74, 6) is 6.70. The summed E-state index contributed by atoms with van der Waals surface area (Å²) >= 11 is 0. The summed E-state index contributed by atoms with van der Waals surface area (Å²) in [6.45, 7) is 17.8. The fraction of sp³-hybridized carbons (Fsp3) is 1.00. The molecule has 3 aliphatic rings. The van der Waals surface area contributed by atoms with Crippen molar-refractivity contribution in [1.82, 2.24) is 0 Å². The fourth-order valence-corrected chi connectivity index (χ4v) is 8.52. The summed E-state index contributed by atoms with van der Waals surface area (Å²) in [4.78, 5) is 0. The van der Waals surface area contributed by atoms with Gasteiger partial charge in [-0.3, -0.25) is 0 Å². The van der Waals surface area contributed by atoms with Crippen molar-refractivity contribution in [1.29, 1.82) is 0 Å². The third kappa shape index (κ3) is 4.37. The van der Waals surface area contributed by atoms with Gasteiger partial charge in [0, 0.05) is 0 Å². The van der Waals surface area contributed by atoms with Gasteiger partial charge in [-0.1, -0.05) is 80.6 Å². The minimum absolute atomic E-state index is 0.605. The zero-order valence-electron chi connectivity index (χ0n) is 20.5. The van der Waals surface area contributed by atoms with Gasteiger partial charge >= 0.3 is 0 Å². The largest absolute Gasteiger partial charge is 0.0651 e. The van der Waals surface area contributed by atoms with Gasteiger partial charge in [0.05, 0.1) is 0 Å². The van der Waals surface area contributed by atoms with Crippen LogP contribution in [0, 0.1) is 52.3 Å². The van der Waals surface area contributed by atoms with Crippen LogP contribution in [0.4, 0.5) is 0 Å². The minimum Gasteiger partial charge on any atom is -0.0651 e. The van der Waals surface area contributed by atoms with Crippen molar-refractivity contribution >= 4 is 0 Å². The van der Waals surface area contributed by atoms with Crippen LogP contribution in [0.3, 0.4) is 0 Å². The van der Waals surface area contributed by atoms with Gasteiger partial charge in [-0.2, -0.15) is 0 Å². The van der Waals surface area contributed by atoms with Gasteiger partial charge in [0.25, 0.3) is 0 Å². The quantitative estimate of drug-likeness (QED) is 0.408. The van der Waals surface area contributed by atoms with Crippen LogP contribution in [-0.4, -0.2) is 0 Å². The molecule has 0 aromatic rings. The molecule has 1 unspecified atom stereocenters. The molecule has 0 heteroatoms. The van der Waals surface area contributed by atoms with Gasteiger partial charge in [-0.05, 0) is 97.2 Å². The summed E-state index contributed by atoms with van der Waals surface area (Å²) in [6, 6.07) is 0. The van der Waals surface area contributed by atoms with Gasteiger partial charge in [-0.15, -0.1) is 0 Å². The lowest BCUT2D eigenvalue weighted by molar-refractivity contribution is -0.0949. The first kappa shape index (κ1) is 22.7. The highest BCUT2D eigenvalue weighted by atomic mass is 14.6. The van der Waals surface area contributed by atoms with E-state index < -0.39 is 0 Å². The molecule has 0 aromatic carbocycles.